The van der Waals surface area contributed by atoms with Gasteiger partial charge in [-0.05, 0) is 37.7 Å². The van der Waals surface area contributed by atoms with E-state index >= 15 is 0 Å². The van der Waals surface area contributed by atoms with Crippen LogP contribution >= 0.6 is 0 Å². The van der Waals surface area contributed by atoms with Gasteiger partial charge in [0.1, 0.15) is 6.61 Å². The van der Waals surface area contributed by atoms with E-state index in [1.54, 1.807) is 4.90 Å². The Bertz CT molecular complexity index is 470. The molecule has 0 spiro atoms. The number of nitrogens with zero attached hydrogens (tertiary/aromatic N) is 1. The molecule has 0 bridgehead atoms. The second-order valence-corrected chi connectivity index (χ2v) is 5.85. The van der Waals surface area contributed by atoms with Crippen LogP contribution in [0.4, 0.5) is 4.79 Å². The number of piperidine rings is 1. The molecule has 108 valence electrons. The summed E-state index contributed by atoms with van der Waals surface area (Å²) in [6.45, 7) is 0.988. The minimum Gasteiger partial charge on any atom is -0.445 e. The van der Waals surface area contributed by atoms with Crippen molar-refractivity contribution in [1.29, 1.82) is 0 Å². The van der Waals surface area contributed by atoms with Gasteiger partial charge in [-0.2, -0.15) is 0 Å². The molecule has 0 radical (unpaired) electrons. The fourth-order valence-corrected chi connectivity index (χ4v) is 2.97. The smallest absolute Gasteiger partial charge is 0.410 e. The Labute approximate surface area is 119 Å². The third-order valence-electron chi connectivity index (χ3n) is 4.32. The van der Waals surface area contributed by atoms with Crippen molar-refractivity contribution < 1.29 is 14.6 Å². The highest BCUT2D eigenvalue weighted by Gasteiger charge is 2.52. The molecule has 3 rings (SSSR count). The van der Waals surface area contributed by atoms with E-state index in [0.29, 0.717) is 13.2 Å². The number of carbonyl (C=O) groups is 1. The minimum absolute atomic E-state index is 0.0560. The fourth-order valence-electron chi connectivity index (χ4n) is 2.97. The number of rotatable bonds is 3. The molecule has 1 amide bonds. The first kappa shape index (κ1) is 13.4. The maximum atomic E-state index is 12.2. The summed E-state index contributed by atoms with van der Waals surface area (Å²) in [5.41, 5.74) is 0.339. The van der Waals surface area contributed by atoms with Crippen LogP contribution in [-0.4, -0.2) is 34.3 Å². The van der Waals surface area contributed by atoms with Crippen LogP contribution in [0.1, 0.15) is 37.7 Å². The predicted octanol–water partition coefficient (Wildman–Crippen LogP) is 2.70. The van der Waals surface area contributed by atoms with Crippen molar-refractivity contribution in [2.24, 2.45) is 0 Å². The highest BCUT2D eigenvalue weighted by atomic mass is 16.6. The van der Waals surface area contributed by atoms with Crippen molar-refractivity contribution in [3.05, 3.63) is 35.9 Å². The van der Waals surface area contributed by atoms with E-state index in [9.17, 15) is 9.90 Å². The Hall–Kier alpha value is -1.55. The number of likely N-dealkylation sites (tertiary alicyclic amines) is 1. The van der Waals surface area contributed by atoms with E-state index in [1.165, 1.54) is 0 Å². The molecule has 1 unspecified atom stereocenters. The van der Waals surface area contributed by atoms with Gasteiger partial charge in [0.25, 0.3) is 0 Å². The van der Waals surface area contributed by atoms with E-state index in [1.807, 2.05) is 30.3 Å². The Morgan fingerprint density at radius 1 is 1.30 bits per heavy atom. The Kier molecular flexibility index (Phi) is 3.66. The Morgan fingerprint density at radius 3 is 2.75 bits per heavy atom. The molecule has 0 aromatic heterocycles. The molecule has 1 aromatic rings. The lowest BCUT2D eigenvalue weighted by Gasteiger charge is -2.37. The molecule has 1 saturated heterocycles. The van der Waals surface area contributed by atoms with Gasteiger partial charge in [-0.15, -0.1) is 0 Å². The Morgan fingerprint density at radius 2 is 2.05 bits per heavy atom. The number of hydrogen-bond acceptors (Lipinski definition) is 3. The maximum absolute atomic E-state index is 12.2. The molecule has 1 aliphatic heterocycles. The molecule has 1 heterocycles. The lowest BCUT2D eigenvalue weighted by molar-refractivity contribution is 0.00127. The third-order valence-corrected chi connectivity index (χ3v) is 4.32. The highest BCUT2D eigenvalue weighted by Crippen LogP contribution is 2.44. The molecule has 1 N–H and O–H groups in total. The van der Waals surface area contributed by atoms with Crippen molar-refractivity contribution in [3.8, 4) is 0 Å². The van der Waals surface area contributed by atoms with Crippen molar-refractivity contribution >= 4 is 6.09 Å². The van der Waals surface area contributed by atoms with Crippen LogP contribution in [0.15, 0.2) is 30.3 Å². The van der Waals surface area contributed by atoms with Gasteiger partial charge in [-0.25, -0.2) is 4.79 Å². The number of amides is 1. The van der Waals surface area contributed by atoms with Crippen LogP contribution in [-0.2, 0) is 11.3 Å². The fraction of sp³-hybridized carbons (Fsp3) is 0.562. The summed E-state index contributed by atoms with van der Waals surface area (Å²) >= 11 is 0. The molecule has 1 aliphatic carbocycles. The first-order valence-electron chi connectivity index (χ1n) is 7.39. The van der Waals surface area contributed by atoms with Gasteiger partial charge in [0.15, 0.2) is 0 Å². The number of carbonyl (C=O) groups excluding carboxylic acids is 1. The molecule has 20 heavy (non-hydrogen) atoms. The van der Waals surface area contributed by atoms with Crippen LogP contribution in [0.5, 0.6) is 0 Å². The third kappa shape index (κ3) is 2.80. The first-order chi connectivity index (χ1) is 9.69. The zero-order chi connectivity index (χ0) is 14.0. The molecule has 4 nitrogen and oxygen atoms in total. The number of ether oxygens (including phenoxy) is 1. The normalized spacial score (nSPS) is 24.2. The summed E-state index contributed by atoms with van der Waals surface area (Å²) in [5.74, 6) is 0. The predicted molar refractivity (Wildman–Crippen MR) is 75.2 cm³/mol. The molecular formula is C16H21NO3. The largest absolute Gasteiger partial charge is 0.445 e. The van der Waals surface area contributed by atoms with Crippen LogP contribution in [0.2, 0.25) is 0 Å². The molecule has 1 saturated carbocycles. The van der Waals surface area contributed by atoms with Crippen LogP contribution < -0.4 is 0 Å². The second kappa shape index (κ2) is 5.44. The minimum atomic E-state index is -0.647. The first-order valence-corrected chi connectivity index (χ1v) is 7.39. The standard InChI is InChI=1S/C16H21NO3/c18-15(20-12-13-6-2-1-3-7-13)17-11-5-4-8-14(17)16(19)9-10-16/h1-3,6-7,14,19H,4-5,8-12H2. The maximum Gasteiger partial charge on any atom is 0.410 e. The summed E-state index contributed by atoms with van der Waals surface area (Å²) < 4.78 is 5.40. The monoisotopic (exact) mass is 275 g/mol. The van der Waals surface area contributed by atoms with Gasteiger partial charge >= 0.3 is 6.09 Å². The van der Waals surface area contributed by atoms with Crippen molar-refractivity contribution in [1.82, 2.24) is 4.90 Å². The lowest BCUT2D eigenvalue weighted by Crippen LogP contribution is -2.51. The molecule has 4 heteroatoms. The lowest BCUT2D eigenvalue weighted by atomic mass is 9.96. The van der Waals surface area contributed by atoms with Crippen molar-refractivity contribution in [2.75, 3.05) is 6.54 Å². The van der Waals surface area contributed by atoms with Gasteiger partial charge in [-0.3, -0.25) is 0 Å². The van der Waals surface area contributed by atoms with Crippen molar-refractivity contribution in [3.63, 3.8) is 0 Å². The molecule has 1 atom stereocenters. The zero-order valence-corrected chi connectivity index (χ0v) is 11.6. The van der Waals surface area contributed by atoms with Crippen LogP contribution in [0.25, 0.3) is 0 Å². The molecular weight excluding hydrogens is 254 g/mol. The van der Waals surface area contributed by atoms with Gasteiger partial charge < -0.3 is 14.7 Å². The van der Waals surface area contributed by atoms with E-state index in [2.05, 4.69) is 0 Å². The average molecular weight is 275 g/mol. The number of hydrogen-bond donors (Lipinski definition) is 1. The second-order valence-electron chi connectivity index (χ2n) is 5.85. The van der Waals surface area contributed by atoms with Gasteiger partial charge in [0, 0.05) is 6.54 Å². The topological polar surface area (TPSA) is 49.8 Å². The summed E-state index contributed by atoms with van der Waals surface area (Å²) in [7, 11) is 0. The Balaban J connectivity index is 1.60. The molecule has 2 fully saturated rings. The van der Waals surface area contributed by atoms with E-state index < -0.39 is 5.60 Å². The molecule has 1 aromatic carbocycles. The van der Waals surface area contributed by atoms with Crippen LogP contribution in [0.3, 0.4) is 0 Å². The van der Waals surface area contributed by atoms with E-state index in [4.69, 9.17) is 4.74 Å². The van der Waals surface area contributed by atoms with Gasteiger partial charge in [0.2, 0.25) is 0 Å². The quantitative estimate of drug-likeness (QED) is 0.922. The zero-order valence-electron chi connectivity index (χ0n) is 11.6. The van der Waals surface area contributed by atoms with Crippen LogP contribution in [0, 0.1) is 0 Å². The number of benzene rings is 1. The van der Waals surface area contributed by atoms with E-state index in [0.717, 1.165) is 37.7 Å². The summed E-state index contributed by atoms with van der Waals surface area (Å²) in [6.07, 6.45) is 4.28. The van der Waals surface area contributed by atoms with Gasteiger partial charge in [-0.1, -0.05) is 30.3 Å². The summed E-state index contributed by atoms with van der Waals surface area (Å²) in [5, 5.41) is 10.3. The van der Waals surface area contributed by atoms with Gasteiger partial charge in [0.05, 0.1) is 11.6 Å². The summed E-state index contributed by atoms with van der Waals surface area (Å²) in [6, 6.07) is 9.62. The van der Waals surface area contributed by atoms with E-state index in [-0.39, 0.29) is 12.1 Å². The SMILES string of the molecule is O=C(OCc1ccccc1)N1CCCCC1C1(O)CC1. The highest BCUT2D eigenvalue weighted by molar-refractivity contribution is 5.68. The average Bonchev–Trinajstić information content (AvgIpc) is 3.25. The van der Waals surface area contributed by atoms with Crippen molar-refractivity contribution in [2.45, 2.75) is 50.4 Å². The molecule has 2 aliphatic rings. The summed E-state index contributed by atoms with van der Waals surface area (Å²) in [4.78, 5) is 14.0. The number of aliphatic hydroxyl groups is 1.